The van der Waals surface area contributed by atoms with Crippen LogP contribution in [0.1, 0.15) is 41.9 Å². The quantitative estimate of drug-likeness (QED) is 0.844. The van der Waals surface area contributed by atoms with Gasteiger partial charge in [0.1, 0.15) is 11.9 Å². The van der Waals surface area contributed by atoms with Crippen LogP contribution in [0.5, 0.6) is 0 Å². The van der Waals surface area contributed by atoms with Crippen molar-refractivity contribution in [2.24, 2.45) is 0 Å². The number of carbonyl (C=O) groups is 2. The van der Waals surface area contributed by atoms with E-state index >= 15 is 0 Å². The van der Waals surface area contributed by atoms with Crippen molar-refractivity contribution in [3.05, 3.63) is 47.0 Å². The summed E-state index contributed by atoms with van der Waals surface area (Å²) in [6.45, 7) is 7.89. The third-order valence-electron chi connectivity index (χ3n) is 3.97. The lowest BCUT2D eigenvalue weighted by molar-refractivity contribution is -0.117. The Balaban J connectivity index is 2.02. The van der Waals surface area contributed by atoms with E-state index in [2.05, 4.69) is 15.7 Å². The van der Waals surface area contributed by atoms with Crippen LogP contribution in [0.2, 0.25) is 0 Å². The highest BCUT2D eigenvalue weighted by Gasteiger charge is 2.20. The average Bonchev–Trinajstić information content (AvgIpc) is 2.91. The number of halogens is 1. The molecule has 2 rings (SSSR count). The molecule has 2 N–H and O–H groups in total. The summed E-state index contributed by atoms with van der Waals surface area (Å²) in [7, 11) is 0. The number of carbonyl (C=O) groups excluding carboxylic acids is 2. The lowest BCUT2D eigenvalue weighted by Crippen LogP contribution is -2.41. The van der Waals surface area contributed by atoms with E-state index in [0.717, 1.165) is 18.7 Å². The molecule has 1 atom stereocenters. The Hall–Kier alpha value is -2.70. The number of benzene rings is 1. The maximum absolute atomic E-state index is 13.1. The number of rotatable bonds is 6. The second-order valence-corrected chi connectivity index (χ2v) is 6.01. The van der Waals surface area contributed by atoms with Crippen molar-refractivity contribution in [1.82, 2.24) is 15.1 Å². The van der Waals surface area contributed by atoms with Crippen molar-refractivity contribution >= 4 is 17.5 Å². The molecule has 0 saturated heterocycles. The van der Waals surface area contributed by atoms with Gasteiger partial charge in [0.25, 0.3) is 5.91 Å². The summed E-state index contributed by atoms with van der Waals surface area (Å²) in [4.78, 5) is 24.6. The van der Waals surface area contributed by atoms with E-state index in [9.17, 15) is 14.0 Å². The molecule has 0 fully saturated rings. The van der Waals surface area contributed by atoms with Gasteiger partial charge in [-0.05, 0) is 51.0 Å². The Morgan fingerprint density at radius 2 is 2.04 bits per heavy atom. The maximum Gasteiger partial charge on any atom is 0.255 e. The molecular formula is C18H23FN4O2. The van der Waals surface area contributed by atoms with Crippen molar-refractivity contribution in [3.8, 4) is 0 Å². The summed E-state index contributed by atoms with van der Waals surface area (Å²) in [5, 5.41) is 9.54. The highest BCUT2D eigenvalue weighted by atomic mass is 19.1. The molecule has 2 aromatic rings. The summed E-state index contributed by atoms with van der Waals surface area (Å²) in [6, 6.07) is 3.36. The Kier molecular flexibility index (Phi) is 5.90. The lowest BCUT2D eigenvalue weighted by atomic mass is 10.1. The zero-order valence-electron chi connectivity index (χ0n) is 14.9. The minimum atomic E-state index is -0.745. The largest absolute Gasteiger partial charge is 0.340 e. The molecule has 0 aliphatic heterocycles. The van der Waals surface area contributed by atoms with Gasteiger partial charge in [-0.1, -0.05) is 6.92 Å². The number of hydrogen-bond donors (Lipinski definition) is 2. The minimum Gasteiger partial charge on any atom is -0.340 e. The number of anilines is 1. The van der Waals surface area contributed by atoms with Gasteiger partial charge in [0.2, 0.25) is 5.91 Å². The van der Waals surface area contributed by atoms with Crippen molar-refractivity contribution in [2.45, 2.75) is 46.7 Å². The predicted molar refractivity (Wildman–Crippen MR) is 93.9 cm³/mol. The standard InChI is InChI=1S/C18H23FN4O2/c1-5-8-23-13(4)15(10-20-23)18(25)21-12(3)17(24)22-16-7-6-14(19)9-11(16)2/h6-7,9-10,12H,5,8H2,1-4H3,(H,21,25)(H,22,24). The molecule has 1 heterocycles. The van der Waals surface area contributed by atoms with Crippen LogP contribution in [-0.2, 0) is 11.3 Å². The van der Waals surface area contributed by atoms with Gasteiger partial charge in [-0.15, -0.1) is 0 Å². The first-order chi connectivity index (χ1) is 11.8. The van der Waals surface area contributed by atoms with E-state index in [1.165, 1.54) is 24.4 Å². The average molecular weight is 346 g/mol. The third kappa shape index (κ3) is 4.43. The van der Waals surface area contributed by atoms with Crippen LogP contribution in [-0.4, -0.2) is 27.6 Å². The van der Waals surface area contributed by atoms with Crippen LogP contribution in [0.3, 0.4) is 0 Å². The van der Waals surface area contributed by atoms with Gasteiger partial charge in [-0.3, -0.25) is 14.3 Å². The Morgan fingerprint density at radius 1 is 1.32 bits per heavy atom. The van der Waals surface area contributed by atoms with E-state index in [1.54, 1.807) is 18.5 Å². The fourth-order valence-corrected chi connectivity index (χ4v) is 2.45. The van der Waals surface area contributed by atoms with E-state index in [0.29, 0.717) is 16.8 Å². The second kappa shape index (κ2) is 7.92. The molecule has 0 aliphatic rings. The summed E-state index contributed by atoms with van der Waals surface area (Å²) >= 11 is 0. The topological polar surface area (TPSA) is 76.0 Å². The fourth-order valence-electron chi connectivity index (χ4n) is 2.45. The number of hydrogen-bond acceptors (Lipinski definition) is 3. The number of nitrogens with zero attached hydrogens (tertiary/aromatic N) is 2. The van der Waals surface area contributed by atoms with Gasteiger partial charge in [0.05, 0.1) is 11.8 Å². The smallest absolute Gasteiger partial charge is 0.255 e. The van der Waals surface area contributed by atoms with Crippen molar-refractivity contribution in [1.29, 1.82) is 0 Å². The molecule has 1 unspecified atom stereocenters. The zero-order valence-corrected chi connectivity index (χ0v) is 14.9. The van der Waals surface area contributed by atoms with Crippen LogP contribution in [0.15, 0.2) is 24.4 Å². The Morgan fingerprint density at radius 3 is 2.68 bits per heavy atom. The first-order valence-electron chi connectivity index (χ1n) is 8.23. The zero-order chi connectivity index (χ0) is 18.6. The highest BCUT2D eigenvalue weighted by Crippen LogP contribution is 2.16. The molecular weight excluding hydrogens is 323 g/mol. The van der Waals surface area contributed by atoms with Gasteiger partial charge >= 0.3 is 0 Å². The molecule has 6 nitrogen and oxygen atoms in total. The number of aryl methyl sites for hydroxylation is 2. The van der Waals surface area contributed by atoms with Gasteiger partial charge in [0.15, 0.2) is 0 Å². The molecule has 1 aromatic carbocycles. The molecule has 0 aliphatic carbocycles. The van der Waals surface area contributed by atoms with Crippen molar-refractivity contribution in [2.75, 3.05) is 5.32 Å². The second-order valence-electron chi connectivity index (χ2n) is 6.01. The molecule has 134 valence electrons. The molecule has 2 amide bonds. The molecule has 7 heteroatoms. The summed E-state index contributed by atoms with van der Waals surface area (Å²) in [5.74, 6) is -1.09. The summed E-state index contributed by atoms with van der Waals surface area (Å²) < 4.78 is 14.9. The van der Waals surface area contributed by atoms with E-state index in [1.807, 2.05) is 13.8 Å². The summed E-state index contributed by atoms with van der Waals surface area (Å²) in [6.07, 6.45) is 2.43. The van der Waals surface area contributed by atoms with E-state index in [-0.39, 0.29) is 17.6 Å². The SMILES string of the molecule is CCCn1ncc(C(=O)NC(C)C(=O)Nc2ccc(F)cc2C)c1C. The Labute approximate surface area is 146 Å². The molecule has 0 saturated carbocycles. The maximum atomic E-state index is 13.1. The van der Waals surface area contributed by atoms with Crippen molar-refractivity contribution in [3.63, 3.8) is 0 Å². The van der Waals surface area contributed by atoms with Gasteiger partial charge in [0, 0.05) is 17.9 Å². The van der Waals surface area contributed by atoms with Crippen LogP contribution >= 0.6 is 0 Å². The van der Waals surface area contributed by atoms with E-state index < -0.39 is 6.04 Å². The van der Waals surface area contributed by atoms with Crippen LogP contribution in [0.4, 0.5) is 10.1 Å². The number of aromatic nitrogens is 2. The first kappa shape index (κ1) is 18.6. The monoisotopic (exact) mass is 346 g/mol. The molecule has 1 aromatic heterocycles. The molecule has 0 bridgehead atoms. The van der Waals surface area contributed by atoms with Gasteiger partial charge in [-0.25, -0.2) is 4.39 Å². The molecule has 0 spiro atoms. The van der Waals surface area contributed by atoms with Crippen LogP contribution < -0.4 is 10.6 Å². The van der Waals surface area contributed by atoms with Gasteiger partial charge in [-0.2, -0.15) is 5.10 Å². The summed E-state index contributed by atoms with van der Waals surface area (Å²) in [5.41, 5.74) is 2.34. The van der Waals surface area contributed by atoms with Crippen LogP contribution in [0.25, 0.3) is 0 Å². The van der Waals surface area contributed by atoms with Crippen molar-refractivity contribution < 1.29 is 14.0 Å². The highest BCUT2D eigenvalue weighted by molar-refractivity contribution is 6.01. The fraction of sp³-hybridized carbons (Fsp3) is 0.389. The number of amides is 2. The molecule has 0 radical (unpaired) electrons. The Bertz CT molecular complexity index is 785. The normalized spacial score (nSPS) is 11.9. The van der Waals surface area contributed by atoms with Gasteiger partial charge < -0.3 is 10.6 Å². The van der Waals surface area contributed by atoms with E-state index in [4.69, 9.17) is 0 Å². The predicted octanol–water partition coefficient (Wildman–Crippen LogP) is 2.81. The van der Waals surface area contributed by atoms with Crippen LogP contribution in [0, 0.1) is 19.7 Å². The lowest BCUT2D eigenvalue weighted by Gasteiger charge is -2.15. The number of nitrogens with one attached hydrogen (secondary N) is 2. The first-order valence-corrected chi connectivity index (χ1v) is 8.23. The minimum absolute atomic E-state index is 0.349. The third-order valence-corrected chi connectivity index (χ3v) is 3.97. The molecule has 25 heavy (non-hydrogen) atoms.